The number of hydrogen-bond donors (Lipinski definition) is 1. The summed E-state index contributed by atoms with van der Waals surface area (Å²) in [5, 5.41) is 18.3. The highest BCUT2D eigenvalue weighted by atomic mass is 35.5. The standard InChI is InChI=1S/C26H20Cl2N4O2/c1-26(2,17-8-4-3-5-9-17)30-24(33)23-20(16-29)25(34-19-14-12-18(27)13-15-19)32(31-23)22-11-7-6-10-21(22)28/h3-15H,1-2H3,(H,30,33). The maximum absolute atomic E-state index is 13.3. The molecule has 0 saturated heterocycles. The number of rotatable bonds is 6. The van der Waals surface area contributed by atoms with E-state index in [1.165, 1.54) is 4.68 Å². The average Bonchev–Trinajstić information content (AvgIpc) is 3.19. The first-order chi connectivity index (χ1) is 16.3. The molecule has 1 heterocycles. The second-order valence-corrected chi connectivity index (χ2v) is 8.85. The Kier molecular flexibility index (Phi) is 6.60. The number of benzene rings is 3. The van der Waals surface area contributed by atoms with Gasteiger partial charge >= 0.3 is 0 Å². The van der Waals surface area contributed by atoms with E-state index >= 15 is 0 Å². The number of carbonyl (C=O) groups is 1. The predicted molar refractivity (Wildman–Crippen MR) is 132 cm³/mol. The molecule has 0 radical (unpaired) electrons. The number of ether oxygens (including phenoxy) is 1. The molecule has 8 heteroatoms. The van der Waals surface area contributed by atoms with Gasteiger partial charge in [0.2, 0.25) is 5.88 Å². The second kappa shape index (κ2) is 9.60. The fraction of sp³-hybridized carbons (Fsp3) is 0.115. The number of nitrogens with one attached hydrogen (secondary N) is 1. The van der Waals surface area contributed by atoms with Crippen LogP contribution in [0.25, 0.3) is 5.69 Å². The summed E-state index contributed by atoms with van der Waals surface area (Å²) in [7, 11) is 0. The van der Waals surface area contributed by atoms with Crippen LogP contribution in [0, 0.1) is 11.3 Å². The molecular weight excluding hydrogens is 471 g/mol. The van der Waals surface area contributed by atoms with Gasteiger partial charge in [-0.1, -0.05) is 65.7 Å². The van der Waals surface area contributed by atoms with E-state index in [1.54, 1.807) is 48.5 Å². The van der Waals surface area contributed by atoms with Crippen LogP contribution in [-0.4, -0.2) is 15.7 Å². The van der Waals surface area contributed by atoms with Crippen molar-refractivity contribution in [2.24, 2.45) is 0 Å². The maximum Gasteiger partial charge on any atom is 0.274 e. The van der Waals surface area contributed by atoms with Gasteiger partial charge < -0.3 is 10.1 Å². The van der Waals surface area contributed by atoms with Crippen LogP contribution in [0.5, 0.6) is 11.6 Å². The minimum atomic E-state index is -0.712. The number of para-hydroxylation sites is 1. The van der Waals surface area contributed by atoms with Crippen molar-refractivity contribution in [1.82, 2.24) is 15.1 Å². The molecule has 34 heavy (non-hydrogen) atoms. The van der Waals surface area contributed by atoms with Crippen molar-refractivity contribution < 1.29 is 9.53 Å². The van der Waals surface area contributed by atoms with E-state index in [-0.39, 0.29) is 17.1 Å². The van der Waals surface area contributed by atoms with Crippen molar-refractivity contribution >= 4 is 29.1 Å². The van der Waals surface area contributed by atoms with Crippen LogP contribution in [0.2, 0.25) is 10.0 Å². The summed E-state index contributed by atoms with van der Waals surface area (Å²) in [6.45, 7) is 3.75. The summed E-state index contributed by atoms with van der Waals surface area (Å²) >= 11 is 12.4. The van der Waals surface area contributed by atoms with Gasteiger partial charge in [-0.25, -0.2) is 0 Å². The molecule has 0 aliphatic carbocycles. The molecule has 1 amide bonds. The molecule has 3 aromatic carbocycles. The summed E-state index contributed by atoms with van der Waals surface area (Å²) in [5.41, 5.74) is 0.568. The lowest BCUT2D eigenvalue weighted by molar-refractivity contribution is 0.0906. The highest BCUT2D eigenvalue weighted by molar-refractivity contribution is 6.32. The predicted octanol–water partition coefficient (Wildman–Crippen LogP) is 6.51. The molecule has 4 rings (SSSR count). The van der Waals surface area contributed by atoms with Crippen LogP contribution in [0.4, 0.5) is 0 Å². The monoisotopic (exact) mass is 490 g/mol. The minimum absolute atomic E-state index is 0.0174. The zero-order chi connectivity index (χ0) is 24.3. The Morgan fingerprint density at radius 2 is 1.65 bits per heavy atom. The summed E-state index contributed by atoms with van der Waals surface area (Å²) in [4.78, 5) is 13.3. The Hall–Kier alpha value is -3.79. The number of nitriles is 1. The zero-order valence-corrected chi connectivity index (χ0v) is 19.9. The van der Waals surface area contributed by atoms with Crippen molar-refractivity contribution in [1.29, 1.82) is 5.26 Å². The number of carbonyl (C=O) groups excluding carboxylic acids is 1. The fourth-order valence-corrected chi connectivity index (χ4v) is 3.77. The molecule has 4 aromatic rings. The summed E-state index contributed by atoms with van der Waals surface area (Å²) in [5.74, 6) is -0.0246. The Bertz CT molecular complexity index is 1370. The van der Waals surface area contributed by atoms with Gasteiger partial charge in [0.05, 0.1) is 16.2 Å². The van der Waals surface area contributed by atoms with Crippen molar-refractivity contribution in [2.45, 2.75) is 19.4 Å². The number of amides is 1. The largest absolute Gasteiger partial charge is 0.438 e. The molecule has 1 N–H and O–H groups in total. The summed E-state index contributed by atoms with van der Waals surface area (Å²) in [6.07, 6.45) is 0. The van der Waals surface area contributed by atoms with Crippen LogP contribution in [0.3, 0.4) is 0 Å². The highest BCUT2D eigenvalue weighted by Gasteiger charge is 2.30. The first-order valence-electron chi connectivity index (χ1n) is 10.4. The number of halogens is 2. The summed E-state index contributed by atoms with van der Waals surface area (Å²) < 4.78 is 7.38. The van der Waals surface area contributed by atoms with Crippen LogP contribution >= 0.6 is 23.2 Å². The zero-order valence-electron chi connectivity index (χ0n) is 18.4. The normalized spacial score (nSPS) is 11.0. The molecule has 6 nitrogen and oxygen atoms in total. The van der Waals surface area contributed by atoms with Crippen LogP contribution in [0.1, 0.15) is 35.5 Å². The SMILES string of the molecule is CC(C)(NC(=O)c1nn(-c2ccccc2Cl)c(Oc2ccc(Cl)cc2)c1C#N)c1ccccc1. The molecule has 170 valence electrons. The molecule has 0 unspecified atom stereocenters. The Labute approximate surface area is 207 Å². The third kappa shape index (κ3) is 4.76. The van der Waals surface area contributed by atoms with Gasteiger partial charge in [0.15, 0.2) is 5.69 Å². The molecule has 0 aliphatic rings. The number of hydrogen-bond acceptors (Lipinski definition) is 4. The van der Waals surface area contributed by atoms with E-state index in [4.69, 9.17) is 27.9 Å². The molecule has 0 fully saturated rings. The third-order valence-electron chi connectivity index (χ3n) is 5.20. The van der Waals surface area contributed by atoms with Crippen molar-refractivity contribution in [3.63, 3.8) is 0 Å². The Balaban J connectivity index is 1.80. The second-order valence-electron chi connectivity index (χ2n) is 8.00. The molecule has 0 aliphatic heterocycles. The van der Waals surface area contributed by atoms with Gasteiger partial charge in [0.1, 0.15) is 17.4 Å². The first kappa shape index (κ1) is 23.4. The van der Waals surface area contributed by atoms with Gasteiger partial charge in [-0.15, -0.1) is 0 Å². The highest BCUT2D eigenvalue weighted by Crippen LogP contribution is 2.33. The van der Waals surface area contributed by atoms with Crippen LogP contribution in [0.15, 0.2) is 78.9 Å². The minimum Gasteiger partial charge on any atom is -0.438 e. The van der Waals surface area contributed by atoms with Crippen LogP contribution < -0.4 is 10.1 Å². The molecule has 1 aromatic heterocycles. The molecule has 0 bridgehead atoms. The number of nitrogens with zero attached hydrogens (tertiary/aromatic N) is 3. The Morgan fingerprint density at radius 1 is 1.00 bits per heavy atom. The van der Waals surface area contributed by atoms with Crippen molar-refractivity contribution in [3.05, 3.63) is 106 Å². The van der Waals surface area contributed by atoms with Crippen molar-refractivity contribution in [3.8, 4) is 23.4 Å². The quantitative estimate of drug-likeness (QED) is 0.334. The number of aromatic nitrogens is 2. The van der Waals surface area contributed by atoms with Gasteiger partial charge in [-0.2, -0.15) is 15.0 Å². The van der Waals surface area contributed by atoms with E-state index in [1.807, 2.05) is 44.2 Å². The fourth-order valence-electron chi connectivity index (χ4n) is 3.43. The van der Waals surface area contributed by atoms with E-state index in [9.17, 15) is 10.1 Å². The van der Waals surface area contributed by atoms with Gasteiger partial charge in [-0.3, -0.25) is 4.79 Å². The Morgan fingerprint density at radius 3 is 2.29 bits per heavy atom. The van der Waals surface area contributed by atoms with Crippen molar-refractivity contribution in [2.75, 3.05) is 0 Å². The first-order valence-corrected chi connectivity index (χ1v) is 11.2. The lowest BCUT2D eigenvalue weighted by atomic mass is 9.94. The van der Waals surface area contributed by atoms with E-state index in [0.29, 0.717) is 21.5 Å². The molecule has 0 atom stereocenters. The van der Waals surface area contributed by atoms with Gasteiger partial charge in [0.25, 0.3) is 5.91 Å². The topological polar surface area (TPSA) is 79.9 Å². The van der Waals surface area contributed by atoms with E-state index in [0.717, 1.165) is 5.56 Å². The lowest BCUT2D eigenvalue weighted by Crippen LogP contribution is -2.41. The lowest BCUT2D eigenvalue weighted by Gasteiger charge is -2.26. The maximum atomic E-state index is 13.3. The van der Waals surface area contributed by atoms with E-state index in [2.05, 4.69) is 16.5 Å². The molecule has 0 spiro atoms. The molecular formula is C26H20Cl2N4O2. The van der Waals surface area contributed by atoms with Crippen LogP contribution in [-0.2, 0) is 5.54 Å². The van der Waals surface area contributed by atoms with Gasteiger partial charge in [0, 0.05) is 5.02 Å². The smallest absolute Gasteiger partial charge is 0.274 e. The molecule has 0 saturated carbocycles. The average molecular weight is 491 g/mol. The van der Waals surface area contributed by atoms with Gasteiger partial charge in [-0.05, 0) is 55.8 Å². The van der Waals surface area contributed by atoms with E-state index < -0.39 is 11.4 Å². The third-order valence-corrected chi connectivity index (χ3v) is 5.77. The summed E-state index contributed by atoms with van der Waals surface area (Å²) in [6, 6.07) is 25.2.